The van der Waals surface area contributed by atoms with E-state index in [0.717, 1.165) is 32.3 Å². The van der Waals surface area contributed by atoms with Crippen molar-refractivity contribution in [3.8, 4) is 0 Å². The fourth-order valence-electron chi connectivity index (χ4n) is 2.88. The predicted octanol–water partition coefficient (Wildman–Crippen LogP) is 1.39. The second-order valence-corrected chi connectivity index (χ2v) is 6.36. The zero-order chi connectivity index (χ0) is 12.4. The molecule has 1 N–H and O–H groups in total. The van der Waals surface area contributed by atoms with Gasteiger partial charge in [-0.25, -0.2) is 4.68 Å². The molecule has 100 valence electrons. The summed E-state index contributed by atoms with van der Waals surface area (Å²) < 4.78 is 7.98. The van der Waals surface area contributed by atoms with Crippen LogP contribution in [-0.2, 0) is 11.3 Å². The van der Waals surface area contributed by atoms with Gasteiger partial charge in [0.15, 0.2) is 0 Å². The summed E-state index contributed by atoms with van der Waals surface area (Å²) in [5.41, 5.74) is 0.717. The second kappa shape index (κ2) is 5.19. The lowest BCUT2D eigenvalue weighted by molar-refractivity contribution is -0.100. The van der Waals surface area contributed by atoms with Gasteiger partial charge in [0, 0.05) is 6.61 Å². The van der Waals surface area contributed by atoms with Gasteiger partial charge in [0.25, 0.3) is 0 Å². The van der Waals surface area contributed by atoms with Crippen LogP contribution in [-0.4, -0.2) is 43.8 Å². The van der Waals surface area contributed by atoms with E-state index in [2.05, 4.69) is 10.3 Å². The van der Waals surface area contributed by atoms with Crippen LogP contribution in [0.25, 0.3) is 0 Å². The molecule has 1 aromatic heterocycles. The van der Waals surface area contributed by atoms with Gasteiger partial charge >= 0.3 is 0 Å². The second-order valence-electron chi connectivity index (χ2n) is 5.14. The number of ether oxygens (including phenoxy) is 1. The topological polar surface area (TPSA) is 60.2 Å². The molecule has 2 aliphatic rings. The molecule has 2 aliphatic heterocycles. The van der Waals surface area contributed by atoms with E-state index in [1.807, 2.05) is 22.6 Å². The molecule has 18 heavy (non-hydrogen) atoms. The highest BCUT2D eigenvalue weighted by molar-refractivity contribution is 7.99. The van der Waals surface area contributed by atoms with E-state index < -0.39 is 0 Å². The molecule has 5 nitrogen and oxygen atoms in total. The third-order valence-electron chi connectivity index (χ3n) is 3.96. The standard InChI is InChI=1S/C12H19N3O2S/c16-9-10-8-15(14-13-10)11-1-4-17-12(7-11)2-5-18-6-3-12/h8,11,16H,1-7,9H2. The fraction of sp³-hybridized carbons (Fsp3) is 0.833. The van der Waals surface area contributed by atoms with Gasteiger partial charge < -0.3 is 9.84 Å². The highest BCUT2D eigenvalue weighted by atomic mass is 32.2. The van der Waals surface area contributed by atoms with Crippen molar-refractivity contribution >= 4 is 11.8 Å². The van der Waals surface area contributed by atoms with Crippen molar-refractivity contribution in [1.29, 1.82) is 0 Å². The third kappa shape index (κ3) is 2.41. The molecule has 1 spiro atoms. The van der Waals surface area contributed by atoms with Crippen LogP contribution in [0.4, 0.5) is 0 Å². The molecule has 2 fully saturated rings. The van der Waals surface area contributed by atoms with E-state index in [1.165, 1.54) is 11.5 Å². The first-order valence-electron chi connectivity index (χ1n) is 6.55. The van der Waals surface area contributed by atoms with Crippen molar-refractivity contribution in [2.75, 3.05) is 18.1 Å². The van der Waals surface area contributed by atoms with Crippen LogP contribution >= 0.6 is 11.8 Å². The average Bonchev–Trinajstić information content (AvgIpc) is 2.88. The summed E-state index contributed by atoms with van der Waals surface area (Å²) in [4.78, 5) is 0. The van der Waals surface area contributed by atoms with Crippen LogP contribution in [0.5, 0.6) is 0 Å². The lowest BCUT2D eigenvalue weighted by atomic mass is 9.85. The molecule has 0 radical (unpaired) electrons. The Morgan fingerprint density at radius 2 is 2.33 bits per heavy atom. The molecule has 0 amide bonds. The van der Waals surface area contributed by atoms with Crippen LogP contribution < -0.4 is 0 Å². The minimum atomic E-state index is -0.0367. The first-order valence-corrected chi connectivity index (χ1v) is 7.70. The van der Waals surface area contributed by atoms with Crippen LogP contribution in [0.2, 0.25) is 0 Å². The monoisotopic (exact) mass is 269 g/mol. The largest absolute Gasteiger partial charge is 0.390 e. The van der Waals surface area contributed by atoms with Gasteiger partial charge in [-0.3, -0.25) is 0 Å². The minimum absolute atomic E-state index is 0.0367. The first kappa shape index (κ1) is 12.4. The van der Waals surface area contributed by atoms with Crippen molar-refractivity contribution < 1.29 is 9.84 Å². The number of hydrogen-bond acceptors (Lipinski definition) is 5. The summed E-state index contributed by atoms with van der Waals surface area (Å²) in [5, 5.41) is 17.1. The lowest BCUT2D eigenvalue weighted by Crippen LogP contribution is -2.43. The molecule has 1 aromatic rings. The predicted molar refractivity (Wildman–Crippen MR) is 69.5 cm³/mol. The minimum Gasteiger partial charge on any atom is -0.390 e. The van der Waals surface area contributed by atoms with E-state index in [4.69, 9.17) is 9.84 Å². The van der Waals surface area contributed by atoms with Crippen molar-refractivity contribution in [2.24, 2.45) is 0 Å². The number of aromatic nitrogens is 3. The number of nitrogens with zero attached hydrogens (tertiary/aromatic N) is 3. The lowest BCUT2D eigenvalue weighted by Gasteiger charge is -2.43. The van der Waals surface area contributed by atoms with Crippen LogP contribution in [0.1, 0.15) is 37.4 Å². The summed E-state index contributed by atoms with van der Waals surface area (Å²) in [6, 6.07) is 0.370. The van der Waals surface area contributed by atoms with Crippen LogP contribution in [0, 0.1) is 0 Å². The smallest absolute Gasteiger partial charge is 0.108 e. The van der Waals surface area contributed by atoms with Gasteiger partial charge in [-0.2, -0.15) is 11.8 Å². The van der Waals surface area contributed by atoms with Gasteiger partial charge in [-0.1, -0.05) is 5.21 Å². The van der Waals surface area contributed by atoms with Gasteiger partial charge in [0.1, 0.15) is 5.69 Å². The molecule has 0 saturated carbocycles. The number of rotatable bonds is 2. The Morgan fingerprint density at radius 1 is 1.50 bits per heavy atom. The molecule has 6 heteroatoms. The fourth-order valence-corrected chi connectivity index (χ4v) is 4.12. The Hall–Kier alpha value is -0.590. The normalized spacial score (nSPS) is 27.5. The molecule has 2 saturated heterocycles. The van der Waals surface area contributed by atoms with Gasteiger partial charge in [-0.05, 0) is 37.2 Å². The first-order chi connectivity index (χ1) is 8.81. The maximum Gasteiger partial charge on any atom is 0.108 e. The zero-order valence-corrected chi connectivity index (χ0v) is 11.2. The van der Waals surface area contributed by atoms with E-state index in [-0.39, 0.29) is 12.2 Å². The molecule has 0 bridgehead atoms. The average molecular weight is 269 g/mol. The molecule has 3 heterocycles. The zero-order valence-electron chi connectivity index (χ0n) is 10.4. The Balaban J connectivity index is 1.73. The number of hydrogen-bond donors (Lipinski definition) is 1. The van der Waals surface area contributed by atoms with Crippen LogP contribution in [0.15, 0.2) is 6.20 Å². The van der Waals surface area contributed by atoms with E-state index in [9.17, 15) is 0 Å². The maximum atomic E-state index is 9.05. The summed E-state index contributed by atoms with van der Waals surface area (Å²) in [6.07, 6.45) is 6.18. The van der Waals surface area contributed by atoms with Crippen molar-refractivity contribution in [3.63, 3.8) is 0 Å². The van der Waals surface area contributed by atoms with Gasteiger partial charge in [0.05, 0.1) is 24.4 Å². The Morgan fingerprint density at radius 3 is 3.06 bits per heavy atom. The molecule has 1 unspecified atom stereocenters. The summed E-state index contributed by atoms with van der Waals surface area (Å²) in [5.74, 6) is 2.40. The van der Waals surface area contributed by atoms with Crippen LogP contribution in [0.3, 0.4) is 0 Å². The van der Waals surface area contributed by atoms with Crippen molar-refractivity contribution in [1.82, 2.24) is 15.0 Å². The molecule has 1 atom stereocenters. The summed E-state index contributed by atoms with van der Waals surface area (Å²) >= 11 is 2.02. The molecular formula is C12H19N3O2S. The Kier molecular flexibility index (Phi) is 3.59. The molecule has 3 rings (SSSR count). The number of aliphatic hydroxyl groups is 1. The van der Waals surface area contributed by atoms with Gasteiger partial charge in [0.2, 0.25) is 0 Å². The maximum absolute atomic E-state index is 9.05. The van der Waals surface area contributed by atoms with E-state index in [1.54, 1.807) is 0 Å². The molecule has 0 aliphatic carbocycles. The molecule has 0 aromatic carbocycles. The highest BCUT2D eigenvalue weighted by Crippen LogP contribution is 2.41. The quantitative estimate of drug-likeness (QED) is 0.879. The SMILES string of the molecule is OCc1cn(C2CCOC3(CCSCC3)C2)nn1. The summed E-state index contributed by atoms with van der Waals surface area (Å²) in [7, 11) is 0. The Bertz CT molecular complexity index is 398. The third-order valence-corrected chi connectivity index (χ3v) is 4.95. The summed E-state index contributed by atoms with van der Waals surface area (Å²) in [6.45, 7) is 0.772. The highest BCUT2D eigenvalue weighted by Gasteiger charge is 2.39. The molecular weight excluding hydrogens is 250 g/mol. The van der Waals surface area contributed by atoms with E-state index in [0.29, 0.717) is 11.7 Å². The van der Waals surface area contributed by atoms with Crippen molar-refractivity contribution in [2.45, 2.75) is 43.9 Å². The number of aliphatic hydroxyl groups excluding tert-OH is 1. The Labute approximate surface area is 111 Å². The van der Waals surface area contributed by atoms with Crippen molar-refractivity contribution in [3.05, 3.63) is 11.9 Å². The van der Waals surface area contributed by atoms with Gasteiger partial charge in [-0.15, -0.1) is 5.10 Å². The number of thioether (sulfide) groups is 1. The van der Waals surface area contributed by atoms with E-state index >= 15 is 0 Å².